The van der Waals surface area contributed by atoms with Crippen molar-refractivity contribution < 1.29 is 14.3 Å². The molecule has 0 radical (unpaired) electrons. The number of carbonyl (C=O) groups excluding carboxylic acids is 2. The van der Waals surface area contributed by atoms with Gasteiger partial charge in [0.2, 0.25) is 5.91 Å². The summed E-state index contributed by atoms with van der Waals surface area (Å²) in [6, 6.07) is 17.7. The second kappa shape index (κ2) is 9.63. The largest absolute Gasteiger partial charge is 0.491 e. The minimum Gasteiger partial charge on any atom is -0.491 e. The van der Waals surface area contributed by atoms with Gasteiger partial charge in [0.15, 0.2) is 0 Å². The van der Waals surface area contributed by atoms with E-state index in [4.69, 9.17) is 4.74 Å². The quantitative estimate of drug-likeness (QED) is 0.474. The molecule has 0 spiro atoms. The van der Waals surface area contributed by atoms with Crippen LogP contribution in [0.3, 0.4) is 0 Å². The molecule has 34 heavy (non-hydrogen) atoms. The van der Waals surface area contributed by atoms with E-state index in [1.54, 1.807) is 16.2 Å². The average Bonchev–Trinajstić information content (AvgIpc) is 3.57. The average molecular weight is 475 g/mol. The number of rotatable bonds is 7. The first kappa shape index (κ1) is 22.7. The van der Waals surface area contributed by atoms with E-state index in [1.807, 2.05) is 67.3 Å². The lowest BCUT2D eigenvalue weighted by molar-refractivity contribution is -0.135. The molecule has 5 nitrogen and oxygen atoms in total. The van der Waals surface area contributed by atoms with Crippen LogP contribution in [0, 0.1) is 13.8 Å². The van der Waals surface area contributed by atoms with Crippen LogP contribution in [0.25, 0.3) is 0 Å². The van der Waals surface area contributed by atoms with Gasteiger partial charge in [-0.2, -0.15) is 0 Å². The van der Waals surface area contributed by atoms with Crippen LogP contribution in [-0.2, 0) is 11.2 Å². The smallest absolute Gasteiger partial charge is 0.254 e. The third-order valence-corrected chi connectivity index (χ3v) is 7.69. The number of fused-ring (bicyclic) bond motifs is 1. The lowest BCUT2D eigenvalue weighted by Crippen LogP contribution is -2.48. The summed E-state index contributed by atoms with van der Waals surface area (Å²) in [5.41, 5.74) is 4.10. The highest BCUT2D eigenvalue weighted by molar-refractivity contribution is 7.10. The zero-order chi connectivity index (χ0) is 23.7. The maximum absolute atomic E-state index is 13.6. The maximum atomic E-state index is 13.6. The maximum Gasteiger partial charge on any atom is 0.254 e. The number of thiophene rings is 1. The van der Waals surface area contributed by atoms with Crippen molar-refractivity contribution in [2.75, 3.05) is 19.7 Å². The van der Waals surface area contributed by atoms with Crippen molar-refractivity contribution in [2.24, 2.45) is 0 Å². The second-order valence-corrected chi connectivity index (χ2v) is 10.3. The molecule has 176 valence electrons. The first-order valence-electron chi connectivity index (χ1n) is 11.9. The Morgan fingerprint density at radius 2 is 1.68 bits per heavy atom. The number of benzene rings is 2. The molecule has 1 aliphatic carbocycles. The van der Waals surface area contributed by atoms with Gasteiger partial charge >= 0.3 is 0 Å². The van der Waals surface area contributed by atoms with Gasteiger partial charge in [-0.05, 0) is 74.4 Å². The molecule has 1 fully saturated rings. The van der Waals surface area contributed by atoms with Crippen molar-refractivity contribution in [1.29, 1.82) is 0 Å². The van der Waals surface area contributed by atoms with E-state index in [2.05, 4.69) is 11.4 Å². The van der Waals surface area contributed by atoms with Crippen LogP contribution in [0.15, 0.2) is 60.0 Å². The number of hydrogen-bond acceptors (Lipinski definition) is 4. The van der Waals surface area contributed by atoms with E-state index in [0.29, 0.717) is 18.7 Å². The fraction of sp³-hybridized carbons (Fsp3) is 0.357. The molecule has 1 saturated carbocycles. The predicted molar refractivity (Wildman–Crippen MR) is 134 cm³/mol. The zero-order valence-electron chi connectivity index (χ0n) is 19.7. The van der Waals surface area contributed by atoms with Crippen LogP contribution < -0.4 is 4.74 Å². The molecule has 2 amide bonds. The van der Waals surface area contributed by atoms with Crippen LogP contribution in [0.1, 0.15) is 50.8 Å². The predicted octanol–water partition coefficient (Wildman–Crippen LogP) is 5.17. The molecule has 1 unspecified atom stereocenters. The third-order valence-electron chi connectivity index (χ3n) is 6.70. The summed E-state index contributed by atoms with van der Waals surface area (Å²) in [6.07, 6.45) is 2.76. The number of ether oxygens (including phenoxy) is 1. The summed E-state index contributed by atoms with van der Waals surface area (Å²) in [4.78, 5) is 31.9. The van der Waals surface area contributed by atoms with Gasteiger partial charge in [0.05, 0.1) is 6.04 Å². The molecule has 0 bridgehead atoms. The SMILES string of the molecule is Cc1ccc(OCC2c3ccsc3CCN2C(=O)CN(C(=O)c2ccc(C)cc2)C2CC2)cc1. The normalized spacial score (nSPS) is 17.2. The van der Waals surface area contributed by atoms with E-state index in [-0.39, 0.29) is 30.4 Å². The van der Waals surface area contributed by atoms with Crippen LogP contribution in [0.5, 0.6) is 5.75 Å². The van der Waals surface area contributed by atoms with Gasteiger partial charge < -0.3 is 14.5 Å². The molecule has 2 aromatic carbocycles. The van der Waals surface area contributed by atoms with Crippen LogP contribution in [-0.4, -0.2) is 47.4 Å². The summed E-state index contributed by atoms with van der Waals surface area (Å²) in [6.45, 7) is 5.20. The Labute approximate surface area is 205 Å². The molecule has 6 heteroatoms. The van der Waals surface area contributed by atoms with Crippen LogP contribution >= 0.6 is 11.3 Å². The molecule has 1 aromatic heterocycles. The molecular formula is C28H30N2O3S. The fourth-order valence-corrected chi connectivity index (χ4v) is 5.46. The minimum absolute atomic E-state index is 0.0123. The summed E-state index contributed by atoms with van der Waals surface area (Å²) in [7, 11) is 0. The Bertz CT molecular complexity index is 1170. The van der Waals surface area contributed by atoms with E-state index in [9.17, 15) is 9.59 Å². The van der Waals surface area contributed by atoms with Crippen molar-refractivity contribution in [3.05, 3.63) is 87.1 Å². The highest BCUT2D eigenvalue weighted by atomic mass is 32.1. The van der Waals surface area contributed by atoms with Crippen LogP contribution in [0.2, 0.25) is 0 Å². The molecule has 5 rings (SSSR count). The summed E-state index contributed by atoms with van der Waals surface area (Å²) >= 11 is 1.74. The number of aryl methyl sites for hydroxylation is 2. The molecule has 0 saturated heterocycles. The van der Waals surface area contributed by atoms with Gasteiger partial charge in [-0.1, -0.05) is 35.4 Å². The van der Waals surface area contributed by atoms with Crippen molar-refractivity contribution in [3.63, 3.8) is 0 Å². The monoisotopic (exact) mass is 474 g/mol. The van der Waals surface area contributed by atoms with Crippen molar-refractivity contribution >= 4 is 23.2 Å². The van der Waals surface area contributed by atoms with Crippen molar-refractivity contribution in [3.8, 4) is 5.75 Å². The Morgan fingerprint density at radius 1 is 1.00 bits per heavy atom. The standard InChI is InChI=1S/C28H30N2O3S/c1-19-3-7-21(8-4-19)28(32)30(22-9-10-22)17-27(31)29-15-13-26-24(14-16-34-26)25(29)18-33-23-11-5-20(2)6-12-23/h3-8,11-12,14,16,22,25H,9-10,13,15,17-18H2,1-2H3. The van der Waals surface area contributed by atoms with Gasteiger partial charge in [-0.3, -0.25) is 9.59 Å². The summed E-state index contributed by atoms with van der Waals surface area (Å²) in [5.74, 6) is 0.729. The topological polar surface area (TPSA) is 49.9 Å². The molecule has 2 heterocycles. The number of amides is 2. The second-order valence-electron chi connectivity index (χ2n) is 9.31. The molecule has 0 N–H and O–H groups in total. The first-order chi connectivity index (χ1) is 16.5. The summed E-state index contributed by atoms with van der Waals surface area (Å²) < 4.78 is 6.13. The van der Waals surface area contributed by atoms with E-state index < -0.39 is 0 Å². The van der Waals surface area contributed by atoms with E-state index in [1.165, 1.54) is 16.0 Å². The Hall–Kier alpha value is -3.12. The number of nitrogens with zero attached hydrogens (tertiary/aromatic N) is 2. The van der Waals surface area contributed by atoms with Gasteiger partial charge in [0, 0.05) is 23.0 Å². The minimum atomic E-state index is -0.153. The zero-order valence-corrected chi connectivity index (χ0v) is 20.5. The van der Waals surface area contributed by atoms with E-state index >= 15 is 0 Å². The molecule has 1 atom stereocenters. The highest BCUT2D eigenvalue weighted by Crippen LogP contribution is 2.35. The molecular weight excluding hydrogens is 444 g/mol. The molecule has 1 aliphatic heterocycles. The van der Waals surface area contributed by atoms with Crippen molar-refractivity contribution in [1.82, 2.24) is 9.80 Å². The number of hydrogen-bond donors (Lipinski definition) is 0. The Kier molecular flexibility index (Phi) is 6.42. The molecule has 3 aromatic rings. The first-order valence-corrected chi connectivity index (χ1v) is 12.8. The highest BCUT2D eigenvalue weighted by Gasteiger charge is 2.38. The fourth-order valence-electron chi connectivity index (χ4n) is 4.54. The van der Waals surface area contributed by atoms with Gasteiger partial charge in [0.25, 0.3) is 5.91 Å². The third kappa shape index (κ3) is 4.87. The molecule has 2 aliphatic rings. The lowest BCUT2D eigenvalue weighted by atomic mass is 10.00. The Balaban J connectivity index is 1.33. The summed E-state index contributed by atoms with van der Waals surface area (Å²) in [5, 5.41) is 2.09. The van der Waals surface area contributed by atoms with Crippen LogP contribution in [0.4, 0.5) is 0 Å². The van der Waals surface area contributed by atoms with Gasteiger partial charge in [-0.25, -0.2) is 0 Å². The van der Waals surface area contributed by atoms with Gasteiger partial charge in [-0.15, -0.1) is 11.3 Å². The van der Waals surface area contributed by atoms with Crippen molar-refractivity contribution in [2.45, 2.75) is 45.2 Å². The number of carbonyl (C=O) groups is 2. The van der Waals surface area contributed by atoms with Gasteiger partial charge in [0.1, 0.15) is 18.9 Å². The van der Waals surface area contributed by atoms with E-state index in [0.717, 1.165) is 30.6 Å². The lowest BCUT2D eigenvalue weighted by Gasteiger charge is -2.37. The Morgan fingerprint density at radius 3 is 2.35 bits per heavy atom.